The lowest BCUT2D eigenvalue weighted by Gasteiger charge is -2.16. The molecule has 162 valence electrons. The lowest BCUT2D eigenvalue weighted by Crippen LogP contribution is -2.27. The summed E-state index contributed by atoms with van der Waals surface area (Å²) < 4.78 is 7.29. The van der Waals surface area contributed by atoms with Crippen LogP contribution < -0.4 is 15.6 Å². The quantitative estimate of drug-likeness (QED) is 0.311. The van der Waals surface area contributed by atoms with E-state index in [2.05, 4.69) is 10.3 Å². The van der Waals surface area contributed by atoms with Crippen molar-refractivity contribution in [2.24, 2.45) is 7.05 Å². The molecule has 0 aliphatic heterocycles. The van der Waals surface area contributed by atoms with Crippen LogP contribution in [0.1, 0.15) is 13.3 Å². The van der Waals surface area contributed by atoms with E-state index in [0.29, 0.717) is 33.9 Å². The van der Waals surface area contributed by atoms with Crippen LogP contribution in [0.25, 0.3) is 10.9 Å². The van der Waals surface area contributed by atoms with Gasteiger partial charge in [0.1, 0.15) is 11.5 Å². The number of benzene rings is 3. The first-order valence-electron chi connectivity index (χ1n) is 10.3. The number of para-hydroxylation sites is 2. The number of fused-ring (bicyclic) bond motifs is 1. The fourth-order valence-electron chi connectivity index (χ4n) is 3.21. The van der Waals surface area contributed by atoms with Crippen LogP contribution in [0, 0.1) is 0 Å². The Kier molecular flexibility index (Phi) is 6.56. The minimum atomic E-state index is -0.394. The standard InChI is InChI=1S/C25H23N3O3S/c1-3-22(32-25-27-21-12-8-7-11-20(21)24(30)28(25)2)23(29)26-17-13-15-19(16-14-17)31-18-9-5-4-6-10-18/h4-16,22H,3H2,1-2H3,(H,26,29). The third-order valence-electron chi connectivity index (χ3n) is 4.95. The molecule has 0 aliphatic carbocycles. The minimum absolute atomic E-state index is 0.123. The Morgan fingerprint density at radius 2 is 1.66 bits per heavy atom. The molecule has 4 aromatic rings. The van der Waals surface area contributed by atoms with Crippen molar-refractivity contribution in [1.82, 2.24) is 9.55 Å². The van der Waals surface area contributed by atoms with Gasteiger partial charge in [-0.3, -0.25) is 14.2 Å². The number of aromatic nitrogens is 2. The summed E-state index contributed by atoms with van der Waals surface area (Å²) in [6, 6.07) is 24.0. The maximum Gasteiger partial charge on any atom is 0.261 e. The fraction of sp³-hybridized carbons (Fsp3) is 0.160. The Morgan fingerprint density at radius 1 is 1.00 bits per heavy atom. The molecule has 0 aliphatic rings. The molecule has 0 fully saturated rings. The van der Waals surface area contributed by atoms with Crippen LogP contribution in [0.15, 0.2) is 88.8 Å². The van der Waals surface area contributed by atoms with Crippen LogP contribution in [0.3, 0.4) is 0 Å². The zero-order chi connectivity index (χ0) is 22.5. The molecule has 1 heterocycles. The number of amides is 1. The van der Waals surface area contributed by atoms with E-state index in [0.717, 1.165) is 5.75 Å². The Hall–Kier alpha value is -3.58. The second-order valence-corrected chi connectivity index (χ2v) is 8.39. The maximum atomic E-state index is 12.9. The van der Waals surface area contributed by atoms with Crippen LogP contribution in [-0.2, 0) is 11.8 Å². The molecule has 7 heteroatoms. The van der Waals surface area contributed by atoms with Gasteiger partial charge in [-0.15, -0.1) is 0 Å². The molecule has 0 bridgehead atoms. The summed E-state index contributed by atoms with van der Waals surface area (Å²) >= 11 is 1.29. The van der Waals surface area contributed by atoms with E-state index in [4.69, 9.17) is 4.74 Å². The summed E-state index contributed by atoms with van der Waals surface area (Å²) in [6.07, 6.45) is 0.592. The lowest BCUT2D eigenvalue weighted by molar-refractivity contribution is -0.115. The molecule has 0 saturated heterocycles. The summed E-state index contributed by atoms with van der Waals surface area (Å²) in [5, 5.41) is 3.63. The first-order chi connectivity index (χ1) is 15.5. The minimum Gasteiger partial charge on any atom is -0.457 e. The molecular formula is C25H23N3O3S. The fourth-order valence-corrected chi connectivity index (χ4v) is 4.19. The number of ether oxygens (including phenoxy) is 1. The predicted octanol–water partition coefficient (Wildman–Crippen LogP) is 5.24. The van der Waals surface area contributed by atoms with Gasteiger partial charge in [0, 0.05) is 12.7 Å². The van der Waals surface area contributed by atoms with E-state index in [1.54, 1.807) is 31.3 Å². The van der Waals surface area contributed by atoms with E-state index >= 15 is 0 Å². The van der Waals surface area contributed by atoms with E-state index in [9.17, 15) is 9.59 Å². The van der Waals surface area contributed by atoms with Gasteiger partial charge in [0.25, 0.3) is 5.56 Å². The molecule has 1 atom stereocenters. The summed E-state index contributed by atoms with van der Waals surface area (Å²) in [5.41, 5.74) is 1.18. The number of nitrogens with one attached hydrogen (secondary N) is 1. The third-order valence-corrected chi connectivity index (χ3v) is 6.36. The van der Waals surface area contributed by atoms with Gasteiger partial charge in [-0.25, -0.2) is 4.98 Å². The van der Waals surface area contributed by atoms with Crippen LogP contribution in [-0.4, -0.2) is 20.7 Å². The molecule has 1 N–H and O–H groups in total. The monoisotopic (exact) mass is 445 g/mol. The Balaban J connectivity index is 1.46. The molecule has 0 radical (unpaired) electrons. The second kappa shape index (κ2) is 9.70. The van der Waals surface area contributed by atoms with Crippen molar-refractivity contribution in [3.05, 3.63) is 89.2 Å². The van der Waals surface area contributed by atoms with Crippen molar-refractivity contribution in [2.75, 3.05) is 5.32 Å². The third kappa shape index (κ3) is 4.84. The highest BCUT2D eigenvalue weighted by atomic mass is 32.2. The first kappa shape index (κ1) is 21.6. The van der Waals surface area contributed by atoms with Gasteiger partial charge in [0.15, 0.2) is 5.16 Å². The number of carbonyl (C=O) groups is 1. The predicted molar refractivity (Wildman–Crippen MR) is 129 cm³/mol. The topological polar surface area (TPSA) is 73.2 Å². The lowest BCUT2D eigenvalue weighted by atomic mass is 10.2. The van der Waals surface area contributed by atoms with Crippen molar-refractivity contribution in [3.8, 4) is 11.5 Å². The van der Waals surface area contributed by atoms with Gasteiger partial charge in [0.2, 0.25) is 5.91 Å². The molecule has 1 aromatic heterocycles. The Labute approximate surface area is 190 Å². The highest BCUT2D eigenvalue weighted by Crippen LogP contribution is 2.26. The number of hydrogen-bond donors (Lipinski definition) is 1. The van der Waals surface area contributed by atoms with E-state index in [1.165, 1.54) is 16.3 Å². The number of rotatable bonds is 7. The average molecular weight is 446 g/mol. The first-order valence-corrected chi connectivity index (χ1v) is 11.2. The number of thioether (sulfide) groups is 1. The largest absolute Gasteiger partial charge is 0.457 e. The van der Waals surface area contributed by atoms with Gasteiger partial charge in [-0.05, 0) is 55.0 Å². The zero-order valence-electron chi connectivity index (χ0n) is 17.8. The van der Waals surface area contributed by atoms with Crippen LogP contribution >= 0.6 is 11.8 Å². The van der Waals surface area contributed by atoms with Gasteiger partial charge in [-0.2, -0.15) is 0 Å². The van der Waals surface area contributed by atoms with Gasteiger partial charge in [-0.1, -0.05) is 49.0 Å². The highest BCUT2D eigenvalue weighted by Gasteiger charge is 2.21. The smallest absolute Gasteiger partial charge is 0.261 e. The van der Waals surface area contributed by atoms with Crippen molar-refractivity contribution in [2.45, 2.75) is 23.8 Å². The number of nitrogens with zero attached hydrogens (tertiary/aromatic N) is 2. The zero-order valence-corrected chi connectivity index (χ0v) is 18.6. The van der Waals surface area contributed by atoms with Crippen molar-refractivity contribution >= 4 is 34.3 Å². The van der Waals surface area contributed by atoms with E-state index < -0.39 is 5.25 Å². The van der Waals surface area contributed by atoms with Crippen molar-refractivity contribution in [1.29, 1.82) is 0 Å². The number of carbonyl (C=O) groups excluding carboxylic acids is 1. The van der Waals surface area contributed by atoms with Crippen molar-refractivity contribution < 1.29 is 9.53 Å². The molecule has 1 amide bonds. The van der Waals surface area contributed by atoms with E-state index in [1.807, 2.05) is 61.5 Å². The SMILES string of the molecule is CCC(Sc1nc2ccccc2c(=O)n1C)C(=O)Nc1ccc(Oc2ccccc2)cc1. The van der Waals surface area contributed by atoms with Crippen LogP contribution in [0.4, 0.5) is 5.69 Å². The Bertz CT molecular complexity index is 1290. The maximum absolute atomic E-state index is 12.9. The molecular weight excluding hydrogens is 422 g/mol. The number of anilines is 1. The molecule has 1 unspecified atom stereocenters. The molecule has 4 rings (SSSR count). The van der Waals surface area contributed by atoms with Gasteiger partial charge < -0.3 is 10.1 Å². The van der Waals surface area contributed by atoms with Gasteiger partial charge >= 0.3 is 0 Å². The summed E-state index contributed by atoms with van der Waals surface area (Å²) in [4.78, 5) is 30.1. The van der Waals surface area contributed by atoms with Crippen LogP contribution in [0.2, 0.25) is 0 Å². The summed E-state index contributed by atoms with van der Waals surface area (Å²) in [6.45, 7) is 1.94. The summed E-state index contributed by atoms with van der Waals surface area (Å²) in [5.74, 6) is 1.29. The number of hydrogen-bond acceptors (Lipinski definition) is 5. The molecule has 32 heavy (non-hydrogen) atoms. The molecule has 0 spiro atoms. The normalized spacial score (nSPS) is 11.8. The average Bonchev–Trinajstić information content (AvgIpc) is 2.82. The van der Waals surface area contributed by atoms with Crippen LogP contribution in [0.5, 0.6) is 11.5 Å². The summed E-state index contributed by atoms with van der Waals surface area (Å²) in [7, 11) is 1.68. The molecule has 0 saturated carbocycles. The van der Waals surface area contributed by atoms with Crippen molar-refractivity contribution in [3.63, 3.8) is 0 Å². The molecule has 6 nitrogen and oxygen atoms in total. The van der Waals surface area contributed by atoms with E-state index in [-0.39, 0.29) is 11.5 Å². The molecule has 3 aromatic carbocycles. The Morgan fingerprint density at radius 3 is 2.38 bits per heavy atom. The van der Waals surface area contributed by atoms with Gasteiger partial charge in [0.05, 0.1) is 16.2 Å². The second-order valence-electron chi connectivity index (χ2n) is 7.22. The highest BCUT2D eigenvalue weighted by molar-refractivity contribution is 8.00.